The Hall–Kier alpha value is -3.39. The fourth-order valence-electron chi connectivity index (χ4n) is 3.59. The highest BCUT2D eigenvalue weighted by atomic mass is 32.1. The van der Waals surface area contributed by atoms with E-state index < -0.39 is 0 Å². The van der Waals surface area contributed by atoms with Gasteiger partial charge in [0.15, 0.2) is 16.6 Å². The molecule has 4 aromatic rings. The molecule has 0 aliphatic carbocycles. The van der Waals surface area contributed by atoms with E-state index in [-0.39, 0.29) is 5.91 Å². The molecule has 1 aliphatic heterocycles. The second-order valence-corrected chi connectivity index (χ2v) is 8.03. The van der Waals surface area contributed by atoms with Crippen LogP contribution in [0.1, 0.15) is 10.5 Å². The molecule has 1 aliphatic rings. The van der Waals surface area contributed by atoms with E-state index in [1.165, 1.54) is 0 Å². The quantitative estimate of drug-likeness (QED) is 0.498. The number of methoxy groups -OCH3 is 1. The minimum atomic E-state index is -0.105. The zero-order valence-corrected chi connectivity index (χ0v) is 17.3. The van der Waals surface area contributed by atoms with Crippen LogP contribution in [0.5, 0.6) is 5.75 Å². The fourth-order valence-corrected chi connectivity index (χ4v) is 4.62. The molecule has 152 valence electrons. The Kier molecular flexibility index (Phi) is 4.84. The summed E-state index contributed by atoms with van der Waals surface area (Å²) >= 11 is 1.64. The highest BCUT2D eigenvalue weighted by Crippen LogP contribution is 2.34. The van der Waals surface area contributed by atoms with Crippen molar-refractivity contribution < 1.29 is 14.1 Å². The molecule has 1 saturated heterocycles. The van der Waals surface area contributed by atoms with Gasteiger partial charge in [0.25, 0.3) is 5.91 Å². The largest absolute Gasteiger partial charge is 0.494 e. The van der Waals surface area contributed by atoms with Crippen molar-refractivity contribution in [2.45, 2.75) is 0 Å². The van der Waals surface area contributed by atoms with Gasteiger partial charge < -0.3 is 19.1 Å². The maximum absolute atomic E-state index is 12.9. The van der Waals surface area contributed by atoms with Crippen LogP contribution in [-0.2, 0) is 0 Å². The van der Waals surface area contributed by atoms with Gasteiger partial charge in [0.2, 0.25) is 0 Å². The molecule has 2 aromatic carbocycles. The van der Waals surface area contributed by atoms with Crippen LogP contribution in [0.2, 0.25) is 0 Å². The SMILES string of the molecule is COc1cccc2sc(N3CCN(C(=O)c4cc(-c5ccccc5)on4)CC3)nc12. The molecule has 30 heavy (non-hydrogen) atoms. The number of anilines is 1. The van der Waals surface area contributed by atoms with E-state index in [1.807, 2.05) is 53.4 Å². The number of aromatic nitrogens is 2. The first-order valence-electron chi connectivity index (χ1n) is 9.73. The van der Waals surface area contributed by atoms with Crippen LogP contribution in [0.3, 0.4) is 0 Å². The molecule has 2 aromatic heterocycles. The van der Waals surface area contributed by atoms with Crippen molar-refractivity contribution in [2.24, 2.45) is 0 Å². The molecule has 0 N–H and O–H groups in total. The first-order valence-corrected chi connectivity index (χ1v) is 10.5. The predicted octanol–water partition coefficient (Wildman–Crippen LogP) is 3.92. The number of carbonyl (C=O) groups is 1. The van der Waals surface area contributed by atoms with Crippen molar-refractivity contribution in [3.05, 3.63) is 60.3 Å². The number of ether oxygens (including phenoxy) is 1. The molecule has 8 heteroatoms. The Morgan fingerprint density at radius 3 is 2.63 bits per heavy atom. The van der Waals surface area contributed by atoms with E-state index in [4.69, 9.17) is 14.2 Å². The Balaban J connectivity index is 1.27. The summed E-state index contributed by atoms with van der Waals surface area (Å²) in [5, 5.41) is 4.94. The van der Waals surface area contributed by atoms with Gasteiger partial charge in [-0.05, 0) is 12.1 Å². The van der Waals surface area contributed by atoms with Crippen LogP contribution in [0.25, 0.3) is 21.5 Å². The number of piperazine rings is 1. The number of benzene rings is 2. The van der Waals surface area contributed by atoms with Crippen LogP contribution in [0.15, 0.2) is 59.1 Å². The van der Waals surface area contributed by atoms with Gasteiger partial charge in [0.1, 0.15) is 11.3 Å². The number of thiazole rings is 1. The van der Waals surface area contributed by atoms with E-state index in [2.05, 4.69) is 10.1 Å². The third-order valence-corrected chi connectivity index (χ3v) is 6.30. The molecule has 7 nitrogen and oxygen atoms in total. The lowest BCUT2D eigenvalue weighted by molar-refractivity contribution is 0.0736. The summed E-state index contributed by atoms with van der Waals surface area (Å²) in [6, 6.07) is 17.3. The van der Waals surface area contributed by atoms with E-state index in [1.54, 1.807) is 24.5 Å². The van der Waals surface area contributed by atoms with Crippen molar-refractivity contribution >= 4 is 32.6 Å². The molecule has 0 unspecified atom stereocenters. The van der Waals surface area contributed by atoms with Crippen LogP contribution < -0.4 is 9.64 Å². The normalized spacial score (nSPS) is 14.3. The number of rotatable bonds is 4. The third kappa shape index (κ3) is 3.39. The molecular formula is C22H20N4O3S. The summed E-state index contributed by atoms with van der Waals surface area (Å²) in [6.07, 6.45) is 0. The minimum Gasteiger partial charge on any atom is -0.494 e. The lowest BCUT2D eigenvalue weighted by atomic mass is 10.1. The van der Waals surface area contributed by atoms with Gasteiger partial charge in [-0.1, -0.05) is 52.9 Å². The summed E-state index contributed by atoms with van der Waals surface area (Å²) in [5.74, 6) is 1.27. The minimum absolute atomic E-state index is 0.105. The summed E-state index contributed by atoms with van der Waals surface area (Å²) in [4.78, 5) is 21.7. The zero-order chi connectivity index (χ0) is 20.5. The summed E-state index contributed by atoms with van der Waals surface area (Å²) in [7, 11) is 1.66. The summed E-state index contributed by atoms with van der Waals surface area (Å²) in [5.41, 5.74) is 2.13. The van der Waals surface area contributed by atoms with Gasteiger partial charge in [-0.2, -0.15) is 0 Å². The smallest absolute Gasteiger partial charge is 0.276 e. The van der Waals surface area contributed by atoms with Crippen molar-refractivity contribution in [3.8, 4) is 17.1 Å². The molecule has 1 amide bonds. The van der Waals surface area contributed by atoms with E-state index in [0.29, 0.717) is 24.5 Å². The van der Waals surface area contributed by atoms with Crippen LogP contribution in [0, 0.1) is 0 Å². The number of nitrogens with zero attached hydrogens (tertiary/aromatic N) is 4. The Morgan fingerprint density at radius 1 is 1.07 bits per heavy atom. The van der Waals surface area contributed by atoms with Crippen molar-refractivity contribution in [1.82, 2.24) is 15.0 Å². The lowest BCUT2D eigenvalue weighted by Crippen LogP contribution is -2.48. The van der Waals surface area contributed by atoms with Gasteiger partial charge in [-0.25, -0.2) is 4.98 Å². The maximum atomic E-state index is 12.9. The van der Waals surface area contributed by atoms with Gasteiger partial charge in [-0.15, -0.1) is 0 Å². The lowest BCUT2D eigenvalue weighted by Gasteiger charge is -2.34. The summed E-state index contributed by atoms with van der Waals surface area (Å²) in [6.45, 7) is 2.66. The average molecular weight is 420 g/mol. The van der Waals surface area contributed by atoms with Gasteiger partial charge in [0.05, 0.1) is 11.8 Å². The Labute approximate surface area is 177 Å². The Bertz CT molecular complexity index is 1180. The van der Waals surface area contributed by atoms with E-state index >= 15 is 0 Å². The molecule has 0 atom stereocenters. The molecule has 0 radical (unpaired) electrons. The second-order valence-electron chi connectivity index (χ2n) is 7.03. The van der Waals surface area contributed by atoms with Crippen LogP contribution >= 0.6 is 11.3 Å². The third-order valence-electron chi connectivity index (χ3n) is 5.22. The number of amides is 1. The molecular weight excluding hydrogens is 400 g/mol. The topological polar surface area (TPSA) is 71.7 Å². The molecule has 0 spiro atoms. The first kappa shape index (κ1) is 18.6. The van der Waals surface area contributed by atoms with Gasteiger partial charge in [-0.3, -0.25) is 4.79 Å². The molecule has 5 rings (SSSR count). The Morgan fingerprint density at radius 2 is 1.87 bits per heavy atom. The van der Waals surface area contributed by atoms with Gasteiger partial charge in [0, 0.05) is 37.8 Å². The van der Waals surface area contributed by atoms with Crippen molar-refractivity contribution in [3.63, 3.8) is 0 Å². The van der Waals surface area contributed by atoms with Crippen molar-refractivity contribution in [2.75, 3.05) is 38.2 Å². The monoisotopic (exact) mass is 420 g/mol. The maximum Gasteiger partial charge on any atom is 0.276 e. The average Bonchev–Trinajstić information content (AvgIpc) is 3.47. The summed E-state index contributed by atoms with van der Waals surface area (Å²) < 4.78 is 11.9. The second kappa shape index (κ2) is 7.79. The zero-order valence-electron chi connectivity index (χ0n) is 16.4. The molecule has 0 saturated carbocycles. The highest BCUT2D eigenvalue weighted by Gasteiger charge is 2.26. The number of carbonyl (C=O) groups excluding carboxylic acids is 1. The van der Waals surface area contributed by atoms with Crippen LogP contribution in [-0.4, -0.2) is 54.2 Å². The number of para-hydroxylation sites is 1. The van der Waals surface area contributed by atoms with Crippen LogP contribution in [0.4, 0.5) is 5.13 Å². The molecule has 0 bridgehead atoms. The molecule has 1 fully saturated rings. The first-order chi connectivity index (χ1) is 14.7. The molecule has 3 heterocycles. The number of hydrogen-bond acceptors (Lipinski definition) is 7. The fraction of sp³-hybridized carbons (Fsp3) is 0.227. The predicted molar refractivity (Wildman–Crippen MR) is 116 cm³/mol. The van der Waals surface area contributed by atoms with E-state index in [9.17, 15) is 4.79 Å². The van der Waals surface area contributed by atoms with Gasteiger partial charge >= 0.3 is 0 Å². The highest BCUT2D eigenvalue weighted by molar-refractivity contribution is 7.22. The number of fused-ring (bicyclic) bond motifs is 1. The van der Waals surface area contributed by atoms with Crippen molar-refractivity contribution in [1.29, 1.82) is 0 Å². The standard InChI is InChI=1S/C22H20N4O3S/c1-28-17-8-5-9-19-20(17)23-22(30-19)26-12-10-25(11-13-26)21(27)16-14-18(29-24-16)15-6-3-2-4-7-15/h2-9,14H,10-13H2,1H3. The number of hydrogen-bond donors (Lipinski definition) is 0. The van der Waals surface area contributed by atoms with E-state index in [0.717, 1.165) is 39.8 Å².